The first-order valence-electron chi connectivity index (χ1n) is 7.19. The van der Waals surface area contributed by atoms with Crippen molar-refractivity contribution >= 4 is 5.69 Å². The Kier molecular flexibility index (Phi) is 3.62. The van der Waals surface area contributed by atoms with E-state index in [9.17, 15) is 4.39 Å². The number of halogens is 1. The van der Waals surface area contributed by atoms with Gasteiger partial charge < -0.3 is 5.32 Å². The molecule has 0 heterocycles. The molecule has 2 aromatic rings. The van der Waals surface area contributed by atoms with Crippen LogP contribution in [0, 0.1) is 24.1 Å². The highest BCUT2D eigenvalue weighted by Gasteiger charge is 2.30. The van der Waals surface area contributed by atoms with Crippen molar-refractivity contribution in [3.8, 4) is 6.07 Å². The van der Waals surface area contributed by atoms with Gasteiger partial charge in [0.2, 0.25) is 0 Å². The van der Waals surface area contributed by atoms with Gasteiger partial charge in [-0.3, -0.25) is 0 Å². The van der Waals surface area contributed by atoms with Gasteiger partial charge >= 0.3 is 0 Å². The van der Waals surface area contributed by atoms with Crippen LogP contribution in [0.5, 0.6) is 0 Å². The van der Waals surface area contributed by atoms with E-state index < -0.39 is 5.82 Å². The van der Waals surface area contributed by atoms with Gasteiger partial charge in [-0.15, -0.1) is 0 Å². The molecule has 106 valence electrons. The minimum atomic E-state index is -0.461. The van der Waals surface area contributed by atoms with Crippen molar-refractivity contribution < 1.29 is 4.39 Å². The maximum atomic E-state index is 13.5. The van der Waals surface area contributed by atoms with Gasteiger partial charge in [-0.1, -0.05) is 35.9 Å². The lowest BCUT2D eigenvalue weighted by atomic mass is 9.75. The Morgan fingerprint density at radius 2 is 1.95 bits per heavy atom. The molecule has 3 heteroatoms. The van der Waals surface area contributed by atoms with E-state index in [4.69, 9.17) is 5.26 Å². The summed E-state index contributed by atoms with van der Waals surface area (Å²) in [6, 6.07) is 15.5. The fourth-order valence-electron chi connectivity index (χ4n) is 2.91. The topological polar surface area (TPSA) is 35.8 Å². The lowest BCUT2D eigenvalue weighted by Gasteiger charge is -2.37. The van der Waals surface area contributed by atoms with Crippen LogP contribution in [0.25, 0.3) is 0 Å². The smallest absolute Gasteiger partial charge is 0.143 e. The first-order chi connectivity index (χ1) is 10.2. The summed E-state index contributed by atoms with van der Waals surface area (Å²) in [6.45, 7) is 2.10. The quantitative estimate of drug-likeness (QED) is 0.906. The zero-order valence-electron chi connectivity index (χ0n) is 11.9. The molecule has 0 radical (unpaired) electrons. The van der Waals surface area contributed by atoms with Crippen molar-refractivity contribution in [1.82, 2.24) is 0 Å². The number of rotatable bonds is 3. The van der Waals surface area contributed by atoms with Gasteiger partial charge in [-0.05, 0) is 43.4 Å². The number of anilines is 1. The summed E-state index contributed by atoms with van der Waals surface area (Å²) in [7, 11) is 0. The van der Waals surface area contributed by atoms with Gasteiger partial charge in [0, 0.05) is 6.04 Å². The number of hydrogen-bond donors (Lipinski definition) is 1. The monoisotopic (exact) mass is 280 g/mol. The molecule has 2 aromatic carbocycles. The minimum absolute atomic E-state index is 0.108. The summed E-state index contributed by atoms with van der Waals surface area (Å²) in [5.41, 5.74) is 3.36. The number of nitriles is 1. The Labute approximate surface area is 124 Å². The van der Waals surface area contributed by atoms with Crippen LogP contribution in [0.2, 0.25) is 0 Å². The largest absolute Gasteiger partial charge is 0.381 e. The average Bonchev–Trinajstić information content (AvgIpc) is 2.42. The second kappa shape index (κ2) is 5.57. The van der Waals surface area contributed by atoms with Gasteiger partial charge in [0.15, 0.2) is 0 Å². The molecule has 3 rings (SSSR count). The molecule has 1 saturated carbocycles. The molecule has 1 aliphatic rings. The van der Waals surface area contributed by atoms with Crippen molar-refractivity contribution in [3.05, 3.63) is 65.0 Å². The van der Waals surface area contributed by atoms with Crippen LogP contribution in [0.4, 0.5) is 10.1 Å². The van der Waals surface area contributed by atoms with Crippen molar-refractivity contribution in [1.29, 1.82) is 5.26 Å². The van der Waals surface area contributed by atoms with Gasteiger partial charge in [0.25, 0.3) is 0 Å². The minimum Gasteiger partial charge on any atom is -0.381 e. The third-order valence-electron chi connectivity index (χ3n) is 4.14. The molecular weight excluding hydrogens is 263 g/mol. The fourth-order valence-corrected chi connectivity index (χ4v) is 2.91. The molecule has 0 unspecified atom stereocenters. The molecule has 21 heavy (non-hydrogen) atoms. The van der Waals surface area contributed by atoms with Gasteiger partial charge in [0.1, 0.15) is 17.4 Å². The zero-order valence-corrected chi connectivity index (χ0v) is 11.9. The van der Waals surface area contributed by atoms with Crippen LogP contribution in [0.15, 0.2) is 42.5 Å². The Bertz CT molecular complexity index is 697. The van der Waals surface area contributed by atoms with Crippen LogP contribution >= 0.6 is 0 Å². The van der Waals surface area contributed by atoms with Crippen LogP contribution in [0.1, 0.15) is 35.4 Å². The van der Waals surface area contributed by atoms with Gasteiger partial charge in [-0.25, -0.2) is 4.39 Å². The number of nitrogens with one attached hydrogen (secondary N) is 1. The first kappa shape index (κ1) is 13.6. The highest BCUT2D eigenvalue weighted by atomic mass is 19.1. The SMILES string of the molecule is Cc1cccc(C2CC(Nc3cccc(F)c3C#N)C2)c1. The van der Waals surface area contributed by atoms with Gasteiger partial charge in [0.05, 0.1) is 5.69 Å². The third-order valence-corrected chi connectivity index (χ3v) is 4.14. The molecule has 0 bridgehead atoms. The number of benzene rings is 2. The van der Waals surface area contributed by atoms with Crippen LogP contribution in [-0.4, -0.2) is 6.04 Å². The second-order valence-corrected chi connectivity index (χ2v) is 5.70. The van der Waals surface area contributed by atoms with Gasteiger partial charge in [-0.2, -0.15) is 5.26 Å². The summed E-state index contributed by atoms with van der Waals surface area (Å²) in [6.07, 6.45) is 2.04. The Morgan fingerprint density at radius 1 is 1.19 bits per heavy atom. The number of hydrogen-bond acceptors (Lipinski definition) is 2. The molecule has 1 N–H and O–H groups in total. The first-order valence-corrected chi connectivity index (χ1v) is 7.19. The average molecular weight is 280 g/mol. The molecule has 0 aromatic heterocycles. The van der Waals surface area contributed by atoms with E-state index in [-0.39, 0.29) is 5.56 Å². The summed E-state index contributed by atoms with van der Waals surface area (Å²) in [4.78, 5) is 0. The van der Waals surface area contributed by atoms with Crippen molar-refractivity contribution in [2.75, 3.05) is 5.32 Å². The Morgan fingerprint density at radius 3 is 2.67 bits per heavy atom. The normalized spacial score (nSPS) is 20.4. The summed E-state index contributed by atoms with van der Waals surface area (Å²) in [5.74, 6) is 0.0959. The zero-order chi connectivity index (χ0) is 14.8. The molecular formula is C18H17FN2. The van der Waals surface area contributed by atoms with Crippen LogP contribution in [-0.2, 0) is 0 Å². The number of aryl methyl sites for hydroxylation is 1. The maximum Gasteiger partial charge on any atom is 0.143 e. The van der Waals surface area contributed by atoms with E-state index >= 15 is 0 Å². The molecule has 0 spiro atoms. The Hall–Kier alpha value is -2.34. The molecule has 1 aliphatic carbocycles. The molecule has 1 fully saturated rings. The maximum absolute atomic E-state index is 13.5. The lowest BCUT2D eigenvalue weighted by Crippen LogP contribution is -2.34. The lowest BCUT2D eigenvalue weighted by molar-refractivity contribution is 0.374. The standard InChI is InChI=1S/C18H17FN2/c1-12-4-2-5-13(8-12)14-9-15(10-14)21-18-7-3-6-17(19)16(18)11-20/h2-8,14-15,21H,9-10H2,1H3. The van der Waals surface area contributed by atoms with E-state index in [1.807, 2.05) is 6.07 Å². The highest BCUT2D eigenvalue weighted by Crippen LogP contribution is 2.39. The van der Waals surface area contributed by atoms with Crippen molar-refractivity contribution in [2.24, 2.45) is 0 Å². The molecule has 0 saturated heterocycles. The van der Waals surface area contributed by atoms with E-state index in [1.165, 1.54) is 17.2 Å². The molecule has 2 nitrogen and oxygen atoms in total. The van der Waals surface area contributed by atoms with Crippen molar-refractivity contribution in [2.45, 2.75) is 31.7 Å². The van der Waals surface area contributed by atoms with E-state index in [1.54, 1.807) is 12.1 Å². The summed E-state index contributed by atoms with van der Waals surface area (Å²) in [5, 5.41) is 12.3. The van der Waals surface area contributed by atoms with E-state index in [2.05, 4.69) is 36.5 Å². The molecule has 0 amide bonds. The van der Waals surface area contributed by atoms with Crippen LogP contribution < -0.4 is 5.32 Å². The fraction of sp³-hybridized carbons (Fsp3) is 0.278. The molecule has 0 aliphatic heterocycles. The predicted octanol–water partition coefficient (Wildman–Crippen LogP) is 4.36. The molecule has 0 atom stereocenters. The third kappa shape index (κ3) is 2.75. The highest BCUT2D eigenvalue weighted by molar-refractivity contribution is 5.58. The van der Waals surface area contributed by atoms with Crippen molar-refractivity contribution in [3.63, 3.8) is 0 Å². The van der Waals surface area contributed by atoms with E-state index in [0.29, 0.717) is 17.6 Å². The second-order valence-electron chi connectivity index (χ2n) is 5.70. The summed E-state index contributed by atoms with van der Waals surface area (Å²) < 4.78 is 13.5. The van der Waals surface area contributed by atoms with E-state index in [0.717, 1.165) is 12.8 Å². The summed E-state index contributed by atoms with van der Waals surface area (Å²) >= 11 is 0. The predicted molar refractivity (Wildman–Crippen MR) is 81.7 cm³/mol. The number of nitrogens with zero attached hydrogens (tertiary/aromatic N) is 1. The Balaban J connectivity index is 1.66. The van der Waals surface area contributed by atoms with Crippen LogP contribution in [0.3, 0.4) is 0 Å².